The Bertz CT molecular complexity index is 932. The summed E-state index contributed by atoms with van der Waals surface area (Å²) in [4.78, 5) is 54.3. The zero-order valence-corrected chi connectivity index (χ0v) is 20.9. The summed E-state index contributed by atoms with van der Waals surface area (Å²) < 4.78 is 0. The zero-order valence-electron chi connectivity index (χ0n) is 20.1. The van der Waals surface area contributed by atoms with Crippen LogP contribution in [0.15, 0.2) is 24.3 Å². The van der Waals surface area contributed by atoms with Crippen molar-refractivity contribution in [1.29, 1.82) is 0 Å². The lowest BCUT2D eigenvalue weighted by atomic mass is 9.81. The van der Waals surface area contributed by atoms with Crippen LogP contribution in [0.2, 0.25) is 5.02 Å². The molecule has 9 heteroatoms. The van der Waals surface area contributed by atoms with Gasteiger partial charge in [0.2, 0.25) is 17.7 Å². The number of fused-ring (bicyclic) bond motifs is 1. The van der Waals surface area contributed by atoms with E-state index in [2.05, 4.69) is 10.6 Å². The molecular weight excluding hydrogens is 468 g/mol. The number of imide groups is 1. The normalized spacial score (nSPS) is 22.8. The number of urea groups is 1. The molecule has 0 spiro atoms. The van der Waals surface area contributed by atoms with E-state index >= 15 is 0 Å². The maximum Gasteiger partial charge on any atom is 0.327 e. The molecule has 0 radical (unpaired) electrons. The summed E-state index contributed by atoms with van der Waals surface area (Å²) in [7, 11) is 0. The van der Waals surface area contributed by atoms with Crippen LogP contribution < -0.4 is 10.6 Å². The smallest absolute Gasteiger partial charge is 0.327 e. The maximum absolute atomic E-state index is 13.3. The average molecular weight is 503 g/mol. The summed E-state index contributed by atoms with van der Waals surface area (Å²) in [5.41, 5.74) is 0.605. The fourth-order valence-corrected chi connectivity index (χ4v) is 5.69. The third kappa shape index (κ3) is 6.54. The highest BCUT2D eigenvalue weighted by Gasteiger charge is 2.47. The molecule has 35 heavy (non-hydrogen) atoms. The van der Waals surface area contributed by atoms with Crippen LogP contribution in [0.5, 0.6) is 0 Å². The molecular formula is C26H35ClN4O4. The predicted octanol–water partition coefficient (Wildman–Crippen LogP) is 4.33. The fraction of sp³-hybridized carbons (Fsp3) is 0.615. The Kier molecular flexibility index (Phi) is 8.65. The van der Waals surface area contributed by atoms with E-state index in [0.717, 1.165) is 38.5 Å². The number of rotatable bonds is 9. The van der Waals surface area contributed by atoms with Gasteiger partial charge in [0.05, 0.1) is 5.92 Å². The first-order valence-corrected chi connectivity index (χ1v) is 13.3. The standard InChI is InChI=1S/C26H35ClN4O4/c27-18-12-14-20(15-13-18)29-24(33)17-31-22-10-4-3-9-21(22)25(34)30(26(31)35)16-6-5-11-23(32)28-19-7-1-2-8-19/h12-15,19,21-22H,1-11,16-17H2,(H,28,32)(H,29,33). The molecule has 1 saturated heterocycles. The molecule has 5 amide bonds. The first-order valence-electron chi connectivity index (χ1n) is 12.9. The number of hydrogen-bond donors (Lipinski definition) is 2. The molecule has 0 bridgehead atoms. The second kappa shape index (κ2) is 11.9. The summed E-state index contributed by atoms with van der Waals surface area (Å²) in [6.45, 7) is 0.170. The van der Waals surface area contributed by atoms with Crippen molar-refractivity contribution < 1.29 is 19.2 Å². The minimum atomic E-state index is -0.403. The van der Waals surface area contributed by atoms with Gasteiger partial charge in [-0.15, -0.1) is 0 Å². The summed E-state index contributed by atoms with van der Waals surface area (Å²) >= 11 is 5.91. The molecule has 2 atom stereocenters. The van der Waals surface area contributed by atoms with Gasteiger partial charge in [0.15, 0.2) is 0 Å². The van der Waals surface area contributed by atoms with Gasteiger partial charge in [-0.1, -0.05) is 37.3 Å². The van der Waals surface area contributed by atoms with E-state index in [9.17, 15) is 19.2 Å². The highest BCUT2D eigenvalue weighted by atomic mass is 35.5. The Morgan fingerprint density at radius 2 is 1.60 bits per heavy atom. The van der Waals surface area contributed by atoms with Crippen LogP contribution in [0.4, 0.5) is 10.5 Å². The summed E-state index contributed by atoms with van der Waals surface area (Å²) in [6, 6.07) is 6.45. The van der Waals surface area contributed by atoms with Crippen molar-refractivity contribution in [1.82, 2.24) is 15.1 Å². The quantitative estimate of drug-likeness (QED) is 0.491. The Morgan fingerprint density at radius 1 is 0.914 bits per heavy atom. The number of carbonyl (C=O) groups excluding carboxylic acids is 4. The van der Waals surface area contributed by atoms with E-state index in [1.165, 1.54) is 17.7 Å². The van der Waals surface area contributed by atoms with Gasteiger partial charge in [0, 0.05) is 35.8 Å². The summed E-state index contributed by atoms with van der Waals surface area (Å²) in [5.74, 6) is -0.663. The molecule has 1 aromatic carbocycles. The molecule has 1 aromatic rings. The zero-order chi connectivity index (χ0) is 24.8. The Hall–Kier alpha value is -2.61. The van der Waals surface area contributed by atoms with E-state index in [0.29, 0.717) is 36.0 Å². The SMILES string of the molecule is O=C(CN1C(=O)N(CCCCC(=O)NC2CCCC2)C(=O)C2CCCCC21)Nc1ccc(Cl)cc1. The van der Waals surface area contributed by atoms with Gasteiger partial charge in [0.1, 0.15) is 6.54 Å². The van der Waals surface area contributed by atoms with Crippen LogP contribution in [0.3, 0.4) is 0 Å². The first kappa shape index (κ1) is 25.5. The number of unbranched alkanes of at least 4 members (excludes halogenated alkanes) is 1. The fourth-order valence-electron chi connectivity index (χ4n) is 5.57. The molecule has 1 aliphatic heterocycles. The Labute approximate surface area is 211 Å². The molecule has 1 heterocycles. The summed E-state index contributed by atoms with van der Waals surface area (Å²) in [6.07, 6.45) is 9.34. The molecule has 4 rings (SSSR count). The predicted molar refractivity (Wildman–Crippen MR) is 134 cm³/mol. The van der Waals surface area contributed by atoms with Gasteiger partial charge in [-0.25, -0.2) is 4.79 Å². The van der Waals surface area contributed by atoms with Gasteiger partial charge in [-0.2, -0.15) is 0 Å². The van der Waals surface area contributed by atoms with Crippen molar-refractivity contribution >= 4 is 41.0 Å². The van der Waals surface area contributed by atoms with Gasteiger partial charge in [-0.3, -0.25) is 19.3 Å². The van der Waals surface area contributed by atoms with E-state index in [4.69, 9.17) is 11.6 Å². The van der Waals surface area contributed by atoms with Crippen molar-refractivity contribution in [3.63, 3.8) is 0 Å². The number of nitrogens with one attached hydrogen (secondary N) is 2. The molecule has 190 valence electrons. The van der Waals surface area contributed by atoms with E-state index < -0.39 is 6.03 Å². The average Bonchev–Trinajstić information content (AvgIpc) is 3.35. The largest absolute Gasteiger partial charge is 0.353 e. The third-order valence-electron chi connectivity index (χ3n) is 7.39. The lowest BCUT2D eigenvalue weighted by Gasteiger charge is -2.46. The van der Waals surface area contributed by atoms with Crippen LogP contribution in [0.1, 0.15) is 70.6 Å². The molecule has 8 nitrogen and oxygen atoms in total. The number of hydrogen-bond acceptors (Lipinski definition) is 4. The third-order valence-corrected chi connectivity index (χ3v) is 7.64. The number of anilines is 1. The van der Waals surface area contributed by atoms with Crippen molar-refractivity contribution in [2.75, 3.05) is 18.4 Å². The topological polar surface area (TPSA) is 98.8 Å². The van der Waals surface area contributed by atoms with Gasteiger partial charge >= 0.3 is 6.03 Å². The van der Waals surface area contributed by atoms with Gasteiger partial charge < -0.3 is 15.5 Å². The van der Waals surface area contributed by atoms with Crippen LogP contribution in [-0.2, 0) is 14.4 Å². The van der Waals surface area contributed by atoms with Crippen molar-refractivity contribution in [3.8, 4) is 0 Å². The lowest BCUT2D eigenvalue weighted by Crippen LogP contribution is -2.63. The van der Waals surface area contributed by atoms with Crippen LogP contribution >= 0.6 is 11.6 Å². The minimum absolute atomic E-state index is 0.0426. The number of amides is 5. The molecule has 2 saturated carbocycles. The molecule has 2 aliphatic carbocycles. The van der Waals surface area contributed by atoms with Crippen molar-refractivity contribution in [3.05, 3.63) is 29.3 Å². The highest BCUT2D eigenvalue weighted by Crippen LogP contribution is 2.34. The van der Waals surface area contributed by atoms with E-state index in [1.54, 1.807) is 29.2 Å². The summed E-state index contributed by atoms with van der Waals surface area (Å²) in [5, 5.41) is 6.46. The van der Waals surface area contributed by atoms with E-state index in [1.807, 2.05) is 0 Å². The van der Waals surface area contributed by atoms with Crippen LogP contribution in [-0.4, -0.2) is 58.7 Å². The van der Waals surface area contributed by atoms with Gasteiger partial charge in [0.25, 0.3) is 0 Å². The van der Waals surface area contributed by atoms with E-state index in [-0.39, 0.29) is 42.8 Å². The molecule has 0 aromatic heterocycles. The number of nitrogens with zero attached hydrogens (tertiary/aromatic N) is 2. The molecule has 2 unspecified atom stereocenters. The Morgan fingerprint density at radius 3 is 2.34 bits per heavy atom. The first-order chi connectivity index (χ1) is 16.9. The number of halogens is 1. The van der Waals surface area contributed by atoms with Gasteiger partial charge in [-0.05, 0) is 62.8 Å². The van der Waals surface area contributed by atoms with Crippen molar-refractivity contribution in [2.24, 2.45) is 5.92 Å². The van der Waals surface area contributed by atoms with Crippen LogP contribution in [0.25, 0.3) is 0 Å². The second-order valence-electron chi connectivity index (χ2n) is 9.92. The number of carbonyl (C=O) groups is 4. The number of benzene rings is 1. The van der Waals surface area contributed by atoms with Crippen LogP contribution in [0, 0.1) is 5.92 Å². The Balaban J connectivity index is 1.33. The lowest BCUT2D eigenvalue weighted by molar-refractivity contribution is -0.141. The molecule has 3 aliphatic rings. The minimum Gasteiger partial charge on any atom is -0.353 e. The molecule has 2 N–H and O–H groups in total. The second-order valence-corrected chi connectivity index (χ2v) is 10.4. The highest BCUT2D eigenvalue weighted by molar-refractivity contribution is 6.30. The monoisotopic (exact) mass is 502 g/mol. The molecule has 3 fully saturated rings. The maximum atomic E-state index is 13.3. The van der Waals surface area contributed by atoms with Crippen molar-refractivity contribution in [2.45, 2.75) is 82.7 Å².